The Morgan fingerprint density at radius 1 is 0.952 bits per heavy atom. The van der Waals surface area contributed by atoms with Gasteiger partial charge < -0.3 is 9.47 Å². The molecule has 1 aromatic carbocycles. The van der Waals surface area contributed by atoms with E-state index < -0.39 is 17.8 Å². The molecule has 0 aromatic heterocycles. The lowest BCUT2D eigenvalue weighted by molar-refractivity contribution is -0.143. The van der Waals surface area contributed by atoms with Crippen LogP contribution in [-0.4, -0.2) is 54.5 Å². The van der Waals surface area contributed by atoms with Crippen molar-refractivity contribution in [1.29, 1.82) is 0 Å². The number of amides is 4. The van der Waals surface area contributed by atoms with E-state index >= 15 is 0 Å². The number of hydrogen-bond donors (Lipinski definition) is 0. The van der Waals surface area contributed by atoms with Crippen molar-refractivity contribution in [1.82, 2.24) is 9.80 Å². The maximum atomic E-state index is 11.8. The average Bonchev–Trinajstić information content (AvgIpc) is 2.71. The molecule has 1 aromatic rings. The minimum Gasteiger partial charge on any atom is -0.497 e. The van der Waals surface area contributed by atoms with E-state index in [1.54, 1.807) is 38.3 Å². The predicted molar refractivity (Wildman–Crippen MR) is 73.0 cm³/mol. The van der Waals surface area contributed by atoms with Gasteiger partial charge in [-0.05, 0) is 31.2 Å². The Bertz CT molecular complexity index is 555. The number of benzene rings is 1. The lowest BCUT2D eigenvalue weighted by Gasteiger charge is -2.14. The van der Waals surface area contributed by atoms with Crippen LogP contribution in [0.2, 0.25) is 0 Å². The highest BCUT2D eigenvalue weighted by Gasteiger charge is 2.43. The van der Waals surface area contributed by atoms with Crippen LogP contribution in [0.25, 0.3) is 0 Å². The Hall–Kier alpha value is -2.57. The molecule has 0 N–H and O–H groups in total. The van der Waals surface area contributed by atoms with Crippen molar-refractivity contribution in [3.8, 4) is 11.5 Å². The fourth-order valence-corrected chi connectivity index (χ4v) is 1.95. The van der Waals surface area contributed by atoms with Crippen molar-refractivity contribution < 1.29 is 23.9 Å². The number of ether oxygens (including phenoxy) is 2. The second-order valence-electron chi connectivity index (χ2n) is 4.31. The van der Waals surface area contributed by atoms with Gasteiger partial charge in [0, 0.05) is 6.54 Å². The van der Waals surface area contributed by atoms with Gasteiger partial charge in [0.15, 0.2) is 0 Å². The van der Waals surface area contributed by atoms with Crippen LogP contribution in [0.1, 0.15) is 6.92 Å². The molecule has 1 saturated heterocycles. The van der Waals surface area contributed by atoms with E-state index in [1.165, 1.54) is 0 Å². The van der Waals surface area contributed by atoms with Crippen LogP contribution in [0, 0.1) is 0 Å². The highest BCUT2D eigenvalue weighted by molar-refractivity contribution is 6.44. The first kappa shape index (κ1) is 14.8. The van der Waals surface area contributed by atoms with E-state index in [9.17, 15) is 14.4 Å². The highest BCUT2D eigenvalue weighted by Crippen LogP contribution is 2.17. The maximum absolute atomic E-state index is 11.8. The number of urea groups is 1. The number of hydrogen-bond acceptors (Lipinski definition) is 5. The van der Waals surface area contributed by atoms with E-state index in [-0.39, 0.29) is 19.7 Å². The zero-order chi connectivity index (χ0) is 15.4. The quantitative estimate of drug-likeness (QED) is 0.575. The Morgan fingerprint density at radius 2 is 1.52 bits per heavy atom. The molecular weight excluding hydrogens is 276 g/mol. The van der Waals surface area contributed by atoms with Crippen LogP contribution in [0.4, 0.5) is 4.79 Å². The first-order chi connectivity index (χ1) is 10.1. The molecular formula is C14H16N2O5. The molecule has 112 valence electrons. The minimum atomic E-state index is -0.805. The second-order valence-corrected chi connectivity index (χ2v) is 4.31. The van der Waals surface area contributed by atoms with Crippen LogP contribution >= 0.6 is 0 Å². The normalized spacial score (nSPS) is 14.9. The molecule has 0 spiro atoms. The van der Waals surface area contributed by atoms with Crippen LogP contribution in [0.15, 0.2) is 24.3 Å². The number of likely N-dealkylation sites (N-methyl/N-ethyl adjacent to an activating group) is 1. The summed E-state index contributed by atoms with van der Waals surface area (Å²) in [6.07, 6.45) is 0. The summed E-state index contributed by atoms with van der Waals surface area (Å²) in [6, 6.07) is 6.32. The van der Waals surface area contributed by atoms with E-state index in [0.717, 1.165) is 9.80 Å². The van der Waals surface area contributed by atoms with E-state index in [1.807, 2.05) is 0 Å². The van der Waals surface area contributed by atoms with Gasteiger partial charge in [-0.1, -0.05) is 0 Å². The molecule has 0 atom stereocenters. The fraction of sp³-hybridized carbons (Fsp3) is 0.357. The summed E-state index contributed by atoms with van der Waals surface area (Å²) in [7, 11) is 1.57. The number of methoxy groups -OCH3 is 1. The minimum absolute atomic E-state index is 0.0337. The first-order valence-electron chi connectivity index (χ1n) is 6.52. The molecule has 7 nitrogen and oxygen atoms in total. The van der Waals surface area contributed by atoms with Gasteiger partial charge >= 0.3 is 17.8 Å². The first-order valence-corrected chi connectivity index (χ1v) is 6.52. The topological polar surface area (TPSA) is 76.2 Å². The summed E-state index contributed by atoms with van der Waals surface area (Å²) in [4.78, 5) is 36.8. The Morgan fingerprint density at radius 3 is 2.05 bits per heavy atom. The third kappa shape index (κ3) is 2.96. The number of carbonyl (C=O) groups is 3. The van der Waals surface area contributed by atoms with Gasteiger partial charge in [0.05, 0.1) is 13.7 Å². The van der Waals surface area contributed by atoms with E-state index in [0.29, 0.717) is 11.5 Å². The predicted octanol–water partition coefficient (Wildman–Crippen LogP) is 0.885. The summed E-state index contributed by atoms with van der Waals surface area (Å²) in [6.45, 7) is 1.97. The van der Waals surface area contributed by atoms with Gasteiger partial charge in [-0.2, -0.15) is 0 Å². The average molecular weight is 292 g/mol. The number of carbonyl (C=O) groups excluding carboxylic acids is 3. The molecule has 21 heavy (non-hydrogen) atoms. The summed E-state index contributed by atoms with van der Waals surface area (Å²) in [5, 5.41) is 0. The zero-order valence-electron chi connectivity index (χ0n) is 11.9. The van der Waals surface area contributed by atoms with Gasteiger partial charge in [-0.25, -0.2) is 4.79 Å². The van der Waals surface area contributed by atoms with Crippen molar-refractivity contribution in [2.75, 3.05) is 26.8 Å². The summed E-state index contributed by atoms with van der Waals surface area (Å²) < 4.78 is 10.5. The van der Waals surface area contributed by atoms with Crippen molar-refractivity contribution >= 4 is 17.8 Å². The lowest BCUT2D eigenvalue weighted by atomic mass is 10.3. The van der Waals surface area contributed by atoms with Crippen LogP contribution in [-0.2, 0) is 9.59 Å². The monoisotopic (exact) mass is 292 g/mol. The van der Waals surface area contributed by atoms with Crippen LogP contribution in [0.5, 0.6) is 11.5 Å². The Balaban J connectivity index is 1.89. The van der Waals surface area contributed by atoms with Gasteiger partial charge in [0.1, 0.15) is 18.1 Å². The molecule has 1 heterocycles. The fourth-order valence-electron chi connectivity index (χ4n) is 1.95. The Kier molecular flexibility index (Phi) is 4.42. The van der Waals surface area contributed by atoms with Gasteiger partial charge in [-0.3, -0.25) is 19.4 Å². The second kappa shape index (κ2) is 6.25. The summed E-state index contributed by atoms with van der Waals surface area (Å²) in [5.41, 5.74) is 0. The van der Waals surface area contributed by atoms with E-state index in [2.05, 4.69) is 0 Å². The van der Waals surface area contributed by atoms with Gasteiger partial charge in [-0.15, -0.1) is 0 Å². The van der Waals surface area contributed by atoms with Crippen LogP contribution < -0.4 is 9.47 Å². The molecule has 0 aliphatic carbocycles. The van der Waals surface area contributed by atoms with Crippen molar-refractivity contribution in [2.45, 2.75) is 6.92 Å². The smallest absolute Gasteiger partial charge is 0.334 e. The van der Waals surface area contributed by atoms with Crippen LogP contribution in [0.3, 0.4) is 0 Å². The van der Waals surface area contributed by atoms with Crippen molar-refractivity contribution in [3.05, 3.63) is 24.3 Å². The molecule has 7 heteroatoms. The van der Waals surface area contributed by atoms with Gasteiger partial charge in [0.25, 0.3) is 0 Å². The SMILES string of the molecule is CCN1C(=O)C(=O)N(CCOc2ccc(OC)cc2)C1=O. The number of nitrogens with zero attached hydrogens (tertiary/aromatic N) is 2. The third-order valence-corrected chi connectivity index (χ3v) is 3.09. The number of imide groups is 2. The molecule has 0 bridgehead atoms. The highest BCUT2D eigenvalue weighted by atomic mass is 16.5. The summed E-state index contributed by atoms with van der Waals surface area (Å²) in [5.74, 6) is -0.294. The maximum Gasteiger partial charge on any atom is 0.334 e. The molecule has 1 aliphatic heterocycles. The number of rotatable bonds is 6. The lowest BCUT2D eigenvalue weighted by Crippen LogP contribution is -2.35. The molecule has 2 rings (SSSR count). The standard InChI is InChI=1S/C14H16N2O5/c1-3-15-12(17)13(18)16(14(15)19)8-9-21-11-6-4-10(20-2)5-7-11/h4-7H,3,8-9H2,1-2H3. The molecule has 4 amide bonds. The summed E-state index contributed by atoms with van der Waals surface area (Å²) >= 11 is 0. The molecule has 0 radical (unpaired) electrons. The Labute approximate surface area is 122 Å². The zero-order valence-corrected chi connectivity index (χ0v) is 11.9. The van der Waals surface area contributed by atoms with Crippen molar-refractivity contribution in [3.63, 3.8) is 0 Å². The molecule has 1 fully saturated rings. The van der Waals surface area contributed by atoms with Gasteiger partial charge in [0.2, 0.25) is 0 Å². The molecule has 0 unspecified atom stereocenters. The molecule has 0 saturated carbocycles. The largest absolute Gasteiger partial charge is 0.497 e. The van der Waals surface area contributed by atoms with E-state index in [4.69, 9.17) is 9.47 Å². The van der Waals surface area contributed by atoms with Crippen molar-refractivity contribution in [2.24, 2.45) is 0 Å². The molecule has 1 aliphatic rings. The third-order valence-electron chi connectivity index (χ3n) is 3.09.